The molecule has 4 rings (SSSR count). The molecule has 0 aliphatic heterocycles. The standard InChI is InChI=1S/C20H16FN3OS/c1-2-18-23-10-12(26-18)9-14-15(21)7-11(8-17(22)25)20-19(14)13-5-3-4-6-16(13)24-20/h2-7,10,24H,1,8-9H2,(H2,22,25). The molecular formula is C20H16FN3OS. The Hall–Kier alpha value is -2.99. The number of nitrogens with zero attached hydrogens (tertiary/aromatic N) is 1. The molecule has 6 heteroatoms. The molecule has 0 saturated heterocycles. The van der Waals surface area contributed by atoms with Crippen LogP contribution in [0.5, 0.6) is 0 Å². The van der Waals surface area contributed by atoms with Gasteiger partial charge >= 0.3 is 0 Å². The van der Waals surface area contributed by atoms with E-state index in [-0.39, 0.29) is 12.2 Å². The van der Waals surface area contributed by atoms with E-state index in [9.17, 15) is 4.79 Å². The Morgan fingerprint density at radius 2 is 2.19 bits per heavy atom. The number of aromatic nitrogens is 2. The van der Waals surface area contributed by atoms with Crippen molar-refractivity contribution in [1.82, 2.24) is 9.97 Å². The van der Waals surface area contributed by atoms with Gasteiger partial charge in [0.1, 0.15) is 10.8 Å². The number of nitrogens with one attached hydrogen (secondary N) is 1. The van der Waals surface area contributed by atoms with Gasteiger partial charge in [-0.1, -0.05) is 24.8 Å². The van der Waals surface area contributed by atoms with Crippen LogP contribution >= 0.6 is 11.3 Å². The number of amides is 1. The van der Waals surface area contributed by atoms with Crippen LogP contribution in [0.15, 0.2) is 43.1 Å². The van der Waals surface area contributed by atoms with Crippen LogP contribution in [-0.2, 0) is 17.6 Å². The van der Waals surface area contributed by atoms with Crippen LogP contribution in [0.3, 0.4) is 0 Å². The summed E-state index contributed by atoms with van der Waals surface area (Å²) < 4.78 is 15.0. The molecule has 0 radical (unpaired) electrons. The van der Waals surface area contributed by atoms with Gasteiger partial charge in [-0.15, -0.1) is 11.3 Å². The lowest BCUT2D eigenvalue weighted by atomic mass is 9.98. The molecule has 26 heavy (non-hydrogen) atoms. The fraction of sp³-hybridized carbons (Fsp3) is 0.100. The van der Waals surface area contributed by atoms with Gasteiger partial charge in [-0.25, -0.2) is 9.37 Å². The summed E-state index contributed by atoms with van der Waals surface area (Å²) in [5.41, 5.74) is 8.16. The van der Waals surface area contributed by atoms with Crippen molar-refractivity contribution >= 4 is 45.1 Å². The van der Waals surface area contributed by atoms with Crippen molar-refractivity contribution in [3.63, 3.8) is 0 Å². The number of para-hydroxylation sites is 1. The van der Waals surface area contributed by atoms with E-state index >= 15 is 4.39 Å². The number of rotatable bonds is 5. The third-order valence-corrected chi connectivity index (χ3v) is 5.37. The average molecular weight is 365 g/mol. The summed E-state index contributed by atoms with van der Waals surface area (Å²) in [6.07, 6.45) is 3.84. The van der Waals surface area contributed by atoms with Crippen molar-refractivity contribution in [3.05, 3.63) is 69.9 Å². The second-order valence-corrected chi connectivity index (χ2v) is 7.25. The molecule has 130 valence electrons. The van der Waals surface area contributed by atoms with Crippen molar-refractivity contribution < 1.29 is 9.18 Å². The minimum atomic E-state index is -0.491. The highest BCUT2D eigenvalue weighted by Crippen LogP contribution is 2.34. The third kappa shape index (κ3) is 2.78. The molecule has 4 aromatic rings. The van der Waals surface area contributed by atoms with E-state index in [1.165, 1.54) is 17.4 Å². The molecule has 0 aliphatic carbocycles. The molecule has 0 atom stereocenters. The quantitative estimate of drug-likeness (QED) is 0.557. The fourth-order valence-corrected chi connectivity index (χ4v) is 4.08. The lowest BCUT2D eigenvalue weighted by Crippen LogP contribution is -2.14. The maximum atomic E-state index is 15.0. The van der Waals surface area contributed by atoms with Gasteiger partial charge in [0, 0.05) is 39.3 Å². The molecule has 4 nitrogen and oxygen atoms in total. The van der Waals surface area contributed by atoms with Crippen LogP contribution in [0.4, 0.5) is 4.39 Å². The van der Waals surface area contributed by atoms with E-state index in [1.54, 1.807) is 12.3 Å². The third-order valence-electron chi connectivity index (χ3n) is 4.38. The average Bonchev–Trinajstić information content (AvgIpc) is 3.22. The summed E-state index contributed by atoms with van der Waals surface area (Å²) in [4.78, 5) is 19.9. The SMILES string of the molecule is C=Cc1ncc(Cc2c(F)cc(CC(N)=O)c3[nH]c4ccccc4c23)s1. The Balaban J connectivity index is 1.97. The Morgan fingerprint density at radius 3 is 2.92 bits per heavy atom. The predicted octanol–water partition coefficient (Wildman–Crippen LogP) is 4.18. The van der Waals surface area contributed by atoms with Crippen molar-refractivity contribution in [2.45, 2.75) is 12.8 Å². The Labute approximate surface area is 153 Å². The fourth-order valence-electron chi connectivity index (χ4n) is 3.30. The second-order valence-electron chi connectivity index (χ2n) is 6.11. The van der Waals surface area contributed by atoms with Crippen LogP contribution in [-0.4, -0.2) is 15.9 Å². The first-order valence-corrected chi connectivity index (χ1v) is 8.94. The summed E-state index contributed by atoms with van der Waals surface area (Å²) in [5.74, 6) is -0.831. The van der Waals surface area contributed by atoms with Crippen LogP contribution in [0.2, 0.25) is 0 Å². The largest absolute Gasteiger partial charge is 0.369 e. The van der Waals surface area contributed by atoms with Gasteiger partial charge in [-0.3, -0.25) is 4.79 Å². The number of benzene rings is 2. The molecule has 0 spiro atoms. The van der Waals surface area contributed by atoms with Gasteiger partial charge in [0.05, 0.1) is 11.9 Å². The number of carbonyl (C=O) groups is 1. The zero-order chi connectivity index (χ0) is 18.3. The molecule has 3 N–H and O–H groups in total. The topological polar surface area (TPSA) is 71.8 Å². The number of aromatic amines is 1. The maximum absolute atomic E-state index is 15.0. The van der Waals surface area contributed by atoms with E-state index in [4.69, 9.17) is 5.73 Å². The number of halogens is 1. The maximum Gasteiger partial charge on any atom is 0.221 e. The van der Waals surface area contributed by atoms with Crippen LogP contribution in [0, 0.1) is 5.82 Å². The van der Waals surface area contributed by atoms with Crippen LogP contribution in [0.1, 0.15) is 21.0 Å². The van der Waals surface area contributed by atoms with Gasteiger partial charge in [0.25, 0.3) is 0 Å². The van der Waals surface area contributed by atoms with E-state index in [1.807, 2.05) is 24.3 Å². The van der Waals surface area contributed by atoms with E-state index in [2.05, 4.69) is 16.5 Å². The van der Waals surface area contributed by atoms with Crippen molar-refractivity contribution in [2.75, 3.05) is 0 Å². The molecule has 0 saturated carbocycles. The van der Waals surface area contributed by atoms with Crippen LogP contribution in [0.25, 0.3) is 27.9 Å². The molecule has 2 aromatic carbocycles. The molecule has 0 fully saturated rings. The number of hydrogen-bond donors (Lipinski definition) is 2. The first-order chi connectivity index (χ1) is 12.6. The minimum absolute atomic E-state index is 0.0122. The minimum Gasteiger partial charge on any atom is -0.369 e. The van der Waals surface area contributed by atoms with Crippen molar-refractivity contribution in [2.24, 2.45) is 5.73 Å². The lowest BCUT2D eigenvalue weighted by Gasteiger charge is -2.09. The zero-order valence-corrected chi connectivity index (χ0v) is 14.7. The highest BCUT2D eigenvalue weighted by Gasteiger charge is 2.19. The summed E-state index contributed by atoms with van der Waals surface area (Å²) in [6.45, 7) is 3.72. The highest BCUT2D eigenvalue weighted by molar-refractivity contribution is 7.12. The van der Waals surface area contributed by atoms with Gasteiger partial charge in [0.2, 0.25) is 5.91 Å². The van der Waals surface area contributed by atoms with E-state index in [0.29, 0.717) is 17.5 Å². The summed E-state index contributed by atoms with van der Waals surface area (Å²) in [5, 5.41) is 2.53. The summed E-state index contributed by atoms with van der Waals surface area (Å²) in [7, 11) is 0. The number of carbonyl (C=O) groups excluding carboxylic acids is 1. The zero-order valence-electron chi connectivity index (χ0n) is 13.9. The summed E-state index contributed by atoms with van der Waals surface area (Å²) >= 11 is 1.49. The van der Waals surface area contributed by atoms with Gasteiger partial charge < -0.3 is 10.7 Å². The number of thiazole rings is 1. The smallest absolute Gasteiger partial charge is 0.221 e. The monoisotopic (exact) mass is 365 g/mol. The lowest BCUT2D eigenvalue weighted by molar-refractivity contribution is -0.117. The van der Waals surface area contributed by atoms with Gasteiger partial charge in [-0.05, 0) is 23.8 Å². The van der Waals surface area contributed by atoms with Crippen LogP contribution < -0.4 is 5.73 Å². The number of H-pyrrole nitrogens is 1. The van der Waals surface area contributed by atoms with E-state index in [0.717, 1.165) is 31.7 Å². The molecule has 0 unspecified atom stereocenters. The Bertz CT molecular complexity index is 1160. The predicted molar refractivity (Wildman–Crippen MR) is 104 cm³/mol. The first-order valence-electron chi connectivity index (χ1n) is 8.13. The number of primary amides is 1. The number of nitrogens with two attached hydrogens (primary N) is 1. The Kier molecular flexibility index (Phi) is 4.05. The van der Waals surface area contributed by atoms with E-state index < -0.39 is 5.91 Å². The second kappa shape index (κ2) is 6.38. The molecule has 2 heterocycles. The molecule has 1 amide bonds. The Morgan fingerprint density at radius 1 is 1.38 bits per heavy atom. The highest BCUT2D eigenvalue weighted by atomic mass is 32.1. The molecular weight excluding hydrogens is 349 g/mol. The normalized spacial score (nSPS) is 11.3. The number of hydrogen-bond acceptors (Lipinski definition) is 3. The molecule has 0 bridgehead atoms. The molecule has 2 aromatic heterocycles. The van der Waals surface area contributed by atoms with Crippen molar-refractivity contribution in [1.29, 1.82) is 0 Å². The number of fused-ring (bicyclic) bond motifs is 3. The first kappa shape index (κ1) is 16.5. The van der Waals surface area contributed by atoms with Gasteiger partial charge in [0.15, 0.2) is 0 Å². The summed E-state index contributed by atoms with van der Waals surface area (Å²) in [6, 6.07) is 9.13. The molecule has 0 aliphatic rings. The van der Waals surface area contributed by atoms with Gasteiger partial charge in [-0.2, -0.15) is 0 Å². The van der Waals surface area contributed by atoms with Crippen molar-refractivity contribution in [3.8, 4) is 0 Å².